The zero-order valence-corrected chi connectivity index (χ0v) is 11.5. The minimum atomic E-state index is -4.17. The number of benzene rings is 1. The van der Waals surface area contributed by atoms with E-state index < -0.39 is 49.8 Å². The summed E-state index contributed by atoms with van der Waals surface area (Å²) in [5.41, 5.74) is -0.748. The molecule has 0 saturated heterocycles. The number of aliphatic carboxylic acids is 1. The number of nitro groups is 1. The third kappa shape index (κ3) is 3.11. The molecule has 21 heavy (non-hydrogen) atoms. The van der Waals surface area contributed by atoms with E-state index in [-0.39, 0.29) is 0 Å². The number of nitrogens with zero attached hydrogens (tertiary/aromatic N) is 2. The number of nitro benzene ring substituents is 1. The summed E-state index contributed by atoms with van der Waals surface area (Å²) >= 11 is 0. The van der Waals surface area contributed by atoms with Crippen molar-refractivity contribution in [3.05, 3.63) is 28.3 Å². The summed E-state index contributed by atoms with van der Waals surface area (Å²) in [4.78, 5) is 20.2. The Hall–Kier alpha value is -2.20. The number of aromatic hydroxyl groups is 1. The van der Waals surface area contributed by atoms with Crippen LogP contribution >= 0.6 is 0 Å². The van der Waals surface area contributed by atoms with Crippen LogP contribution < -0.4 is 0 Å². The Morgan fingerprint density at radius 2 is 2.05 bits per heavy atom. The van der Waals surface area contributed by atoms with Gasteiger partial charge in [0, 0.05) is 12.1 Å². The van der Waals surface area contributed by atoms with Crippen LogP contribution in [-0.4, -0.2) is 46.4 Å². The van der Waals surface area contributed by atoms with Gasteiger partial charge in [-0.05, 0) is 25.0 Å². The Kier molecular flexibility index (Phi) is 3.83. The number of carboxylic acid groups (broad SMARTS) is 1. The standard InChI is InChI=1S/C11H12N2O7S/c14-10-4-3-8(5-9(10)13(17)18)21(19,20)12(6-11(15)16)7-1-2-7/h3-5,7,14H,1-2,6H2,(H,15,16). The fourth-order valence-electron chi connectivity index (χ4n) is 1.85. The second kappa shape index (κ2) is 5.30. The SMILES string of the molecule is O=C(O)CN(C1CC1)S(=O)(=O)c1ccc(O)c([N+](=O)[O-])c1. The van der Waals surface area contributed by atoms with Crippen LogP contribution in [0.3, 0.4) is 0 Å². The van der Waals surface area contributed by atoms with E-state index in [0.717, 1.165) is 22.5 Å². The molecule has 0 spiro atoms. The second-order valence-corrected chi connectivity index (χ2v) is 6.47. The van der Waals surface area contributed by atoms with Gasteiger partial charge < -0.3 is 10.2 Å². The van der Waals surface area contributed by atoms with E-state index in [9.17, 15) is 28.4 Å². The average Bonchev–Trinajstić information content (AvgIpc) is 3.19. The van der Waals surface area contributed by atoms with Gasteiger partial charge in [-0.2, -0.15) is 4.31 Å². The van der Waals surface area contributed by atoms with Gasteiger partial charge in [0.05, 0.1) is 9.82 Å². The molecule has 1 aliphatic carbocycles. The molecule has 114 valence electrons. The van der Waals surface area contributed by atoms with E-state index in [4.69, 9.17) is 5.11 Å². The van der Waals surface area contributed by atoms with Crippen molar-refractivity contribution in [2.75, 3.05) is 6.54 Å². The third-order valence-electron chi connectivity index (χ3n) is 3.00. The summed E-state index contributed by atoms with van der Waals surface area (Å²) in [5.74, 6) is -1.96. The molecule has 1 fully saturated rings. The minimum absolute atomic E-state index is 0.404. The summed E-state index contributed by atoms with van der Waals surface area (Å²) in [6, 6.07) is 2.23. The maximum Gasteiger partial charge on any atom is 0.318 e. The molecule has 9 nitrogen and oxygen atoms in total. The number of rotatable bonds is 6. The maximum atomic E-state index is 12.4. The molecule has 0 heterocycles. The van der Waals surface area contributed by atoms with Crippen LogP contribution in [-0.2, 0) is 14.8 Å². The molecule has 0 aromatic heterocycles. The highest BCUT2D eigenvalue weighted by Crippen LogP contribution is 2.34. The summed E-state index contributed by atoms with van der Waals surface area (Å²) in [7, 11) is -4.17. The number of carboxylic acids is 1. The fourth-order valence-corrected chi connectivity index (χ4v) is 3.51. The fraction of sp³-hybridized carbons (Fsp3) is 0.364. The first-order valence-electron chi connectivity index (χ1n) is 5.94. The molecule has 0 unspecified atom stereocenters. The molecular weight excluding hydrogens is 304 g/mol. The first-order chi connectivity index (χ1) is 9.73. The van der Waals surface area contributed by atoms with Crippen LogP contribution in [0, 0.1) is 10.1 Å². The van der Waals surface area contributed by atoms with Gasteiger partial charge in [-0.1, -0.05) is 0 Å². The van der Waals surface area contributed by atoms with E-state index in [2.05, 4.69) is 0 Å². The van der Waals surface area contributed by atoms with Crippen molar-refractivity contribution < 1.29 is 28.3 Å². The van der Waals surface area contributed by atoms with Crippen LogP contribution in [0.1, 0.15) is 12.8 Å². The predicted octanol–water partition coefficient (Wildman–Crippen LogP) is 0.538. The van der Waals surface area contributed by atoms with E-state index in [1.54, 1.807) is 0 Å². The van der Waals surface area contributed by atoms with E-state index in [1.807, 2.05) is 0 Å². The highest BCUT2D eigenvalue weighted by molar-refractivity contribution is 7.89. The van der Waals surface area contributed by atoms with Crippen LogP contribution in [0.2, 0.25) is 0 Å². The van der Waals surface area contributed by atoms with Crippen LogP contribution in [0.15, 0.2) is 23.1 Å². The van der Waals surface area contributed by atoms with Crippen LogP contribution in [0.5, 0.6) is 5.75 Å². The van der Waals surface area contributed by atoms with E-state index in [1.165, 1.54) is 0 Å². The molecule has 1 aromatic rings. The number of carbonyl (C=O) groups is 1. The number of hydrogen-bond donors (Lipinski definition) is 2. The Morgan fingerprint density at radius 3 is 2.52 bits per heavy atom. The minimum Gasteiger partial charge on any atom is -0.502 e. The smallest absolute Gasteiger partial charge is 0.318 e. The highest BCUT2D eigenvalue weighted by atomic mass is 32.2. The van der Waals surface area contributed by atoms with Gasteiger partial charge in [0.1, 0.15) is 6.54 Å². The van der Waals surface area contributed by atoms with Crippen LogP contribution in [0.25, 0.3) is 0 Å². The summed E-state index contributed by atoms with van der Waals surface area (Å²) < 4.78 is 25.6. The maximum absolute atomic E-state index is 12.4. The van der Waals surface area contributed by atoms with Crippen molar-refractivity contribution in [1.29, 1.82) is 0 Å². The Labute approximate surface area is 119 Å². The molecule has 0 atom stereocenters. The monoisotopic (exact) mass is 316 g/mol. The molecule has 1 saturated carbocycles. The zero-order chi connectivity index (χ0) is 15.8. The molecule has 0 radical (unpaired) electrons. The number of phenolic OH excluding ortho intramolecular Hbond substituents is 1. The first-order valence-corrected chi connectivity index (χ1v) is 7.38. The van der Waals surface area contributed by atoms with Crippen molar-refractivity contribution in [3.63, 3.8) is 0 Å². The normalized spacial score (nSPS) is 15.1. The van der Waals surface area contributed by atoms with Gasteiger partial charge in [0.15, 0.2) is 5.75 Å². The van der Waals surface area contributed by atoms with Gasteiger partial charge in [-0.3, -0.25) is 14.9 Å². The zero-order valence-electron chi connectivity index (χ0n) is 10.7. The summed E-state index contributed by atoms with van der Waals surface area (Å²) in [5, 5.41) is 28.9. The second-order valence-electron chi connectivity index (χ2n) is 4.58. The van der Waals surface area contributed by atoms with E-state index >= 15 is 0 Å². The Bertz CT molecular complexity index is 697. The Morgan fingerprint density at radius 1 is 1.43 bits per heavy atom. The third-order valence-corrected chi connectivity index (χ3v) is 4.89. The molecule has 2 N–H and O–H groups in total. The van der Waals surface area contributed by atoms with Gasteiger partial charge in [-0.25, -0.2) is 8.42 Å². The summed E-state index contributed by atoms with van der Waals surface area (Å²) in [6.07, 6.45) is 1.10. The van der Waals surface area contributed by atoms with Crippen molar-refractivity contribution in [2.45, 2.75) is 23.8 Å². The number of phenols is 1. The lowest BCUT2D eigenvalue weighted by Gasteiger charge is -2.19. The van der Waals surface area contributed by atoms with Crippen molar-refractivity contribution in [1.82, 2.24) is 4.31 Å². The number of sulfonamides is 1. The lowest BCUT2D eigenvalue weighted by atomic mass is 10.3. The first kappa shape index (κ1) is 15.2. The number of hydrogen-bond acceptors (Lipinski definition) is 6. The highest BCUT2D eigenvalue weighted by Gasteiger charge is 2.39. The van der Waals surface area contributed by atoms with Gasteiger partial charge >= 0.3 is 11.7 Å². The lowest BCUT2D eigenvalue weighted by molar-refractivity contribution is -0.386. The average molecular weight is 316 g/mol. The van der Waals surface area contributed by atoms with E-state index in [0.29, 0.717) is 12.8 Å². The molecule has 2 rings (SSSR count). The lowest BCUT2D eigenvalue weighted by Crippen LogP contribution is -2.37. The quantitative estimate of drug-likeness (QED) is 0.576. The molecular formula is C11H12N2O7S. The van der Waals surface area contributed by atoms with Crippen molar-refractivity contribution >= 4 is 21.7 Å². The van der Waals surface area contributed by atoms with Gasteiger partial charge in [-0.15, -0.1) is 0 Å². The molecule has 10 heteroatoms. The molecule has 0 aliphatic heterocycles. The van der Waals surface area contributed by atoms with Gasteiger partial charge in [0.2, 0.25) is 10.0 Å². The molecule has 1 aromatic carbocycles. The van der Waals surface area contributed by atoms with Crippen LogP contribution in [0.4, 0.5) is 5.69 Å². The predicted molar refractivity (Wildman–Crippen MR) is 69.3 cm³/mol. The van der Waals surface area contributed by atoms with Gasteiger partial charge in [0.25, 0.3) is 0 Å². The van der Waals surface area contributed by atoms with Crippen molar-refractivity contribution in [2.24, 2.45) is 0 Å². The largest absolute Gasteiger partial charge is 0.502 e. The molecule has 1 aliphatic rings. The Balaban J connectivity index is 2.44. The molecule has 0 bridgehead atoms. The molecule has 0 amide bonds. The van der Waals surface area contributed by atoms with Crippen molar-refractivity contribution in [3.8, 4) is 5.75 Å². The topological polar surface area (TPSA) is 138 Å². The summed E-state index contributed by atoms with van der Waals surface area (Å²) in [6.45, 7) is -0.707.